The van der Waals surface area contributed by atoms with E-state index >= 15 is 0 Å². The molecule has 0 spiro atoms. The van der Waals surface area contributed by atoms with Crippen molar-refractivity contribution in [3.05, 3.63) is 0 Å². The van der Waals surface area contributed by atoms with Gasteiger partial charge < -0.3 is 21.3 Å². The van der Waals surface area contributed by atoms with Crippen LogP contribution in [0.2, 0.25) is 0 Å². The van der Waals surface area contributed by atoms with Crippen molar-refractivity contribution in [3.8, 4) is 0 Å². The SMILES string of the molecule is C[C@H](N)C(=O)OC(=O)[C@H](N)CO. The third-order valence-electron chi connectivity index (χ3n) is 1.07. The Morgan fingerprint density at radius 2 is 1.92 bits per heavy atom. The molecule has 70 valence electrons. The first-order valence-corrected chi connectivity index (χ1v) is 3.36. The molecule has 0 saturated carbocycles. The Morgan fingerprint density at radius 1 is 1.42 bits per heavy atom. The number of rotatable bonds is 3. The fourth-order valence-corrected chi connectivity index (χ4v) is 0.342. The molecule has 0 heterocycles. The van der Waals surface area contributed by atoms with Crippen LogP contribution in [0.25, 0.3) is 0 Å². The van der Waals surface area contributed by atoms with Crippen LogP contribution >= 0.6 is 0 Å². The smallest absolute Gasteiger partial charge is 0.332 e. The second-order valence-electron chi connectivity index (χ2n) is 2.32. The van der Waals surface area contributed by atoms with Crippen LogP contribution in [0.5, 0.6) is 0 Å². The predicted octanol–water partition coefficient (Wildman–Crippen LogP) is -2.28. The molecule has 2 atom stereocenters. The van der Waals surface area contributed by atoms with Gasteiger partial charge in [-0.15, -0.1) is 0 Å². The van der Waals surface area contributed by atoms with Gasteiger partial charge in [-0.3, -0.25) is 0 Å². The van der Waals surface area contributed by atoms with Crippen molar-refractivity contribution < 1.29 is 19.4 Å². The first-order chi connectivity index (χ1) is 5.49. The normalized spacial score (nSPS) is 15.0. The average Bonchev–Trinajstić information content (AvgIpc) is 2.02. The first kappa shape index (κ1) is 11.0. The zero-order valence-corrected chi connectivity index (χ0v) is 6.69. The number of hydrogen-bond acceptors (Lipinski definition) is 6. The molecule has 0 aromatic heterocycles. The quantitative estimate of drug-likeness (QED) is 0.329. The summed E-state index contributed by atoms with van der Waals surface area (Å²) in [6.07, 6.45) is 0. The molecule has 6 heteroatoms. The van der Waals surface area contributed by atoms with Crippen molar-refractivity contribution in [2.75, 3.05) is 6.61 Å². The molecule has 0 fully saturated rings. The van der Waals surface area contributed by atoms with Crippen molar-refractivity contribution in [2.45, 2.75) is 19.0 Å². The van der Waals surface area contributed by atoms with Gasteiger partial charge in [-0.05, 0) is 6.92 Å². The minimum atomic E-state index is -1.19. The summed E-state index contributed by atoms with van der Waals surface area (Å²) in [5, 5.41) is 8.39. The maximum atomic E-state index is 10.7. The van der Waals surface area contributed by atoms with E-state index in [0.717, 1.165) is 0 Å². The summed E-state index contributed by atoms with van der Waals surface area (Å²) in [6, 6.07) is -2.06. The monoisotopic (exact) mass is 176 g/mol. The molecule has 5 N–H and O–H groups in total. The van der Waals surface area contributed by atoms with Crippen molar-refractivity contribution in [3.63, 3.8) is 0 Å². The fraction of sp³-hybridized carbons (Fsp3) is 0.667. The number of hydrogen-bond donors (Lipinski definition) is 3. The zero-order valence-electron chi connectivity index (χ0n) is 6.69. The Labute approximate surface area is 69.5 Å². The van der Waals surface area contributed by atoms with Crippen molar-refractivity contribution in [1.29, 1.82) is 0 Å². The molecular weight excluding hydrogens is 164 g/mol. The van der Waals surface area contributed by atoms with E-state index in [1.165, 1.54) is 6.92 Å². The number of ether oxygens (including phenoxy) is 1. The second kappa shape index (κ2) is 4.81. The highest BCUT2D eigenvalue weighted by Crippen LogP contribution is 1.88. The lowest BCUT2D eigenvalue weighted by Crippen LogP contribution is -2.40. The molecule has 0 aliphatic rings. The number of aliphatic hydroxyl groups excluding tert-OH is 1. The van der Waals surface area contributed by atoms with Crippen LogP contribution in [0, 0.1) is 0 Å². The van der Waals surface area contributed by atoms with Crippen molar-refractivity contribution in [2.24, 2.45) is 11.5 Å². The maximum absolute atomic E-state index is 10.7. The van der Waals surface area contributed by atoms with E-state index in [4.69, 9.17) is 16.6 Å². The lowest BCUT2D eigenvalue weighted by atomic mass is 10.3. The highest BCUT2D eigenvalue weighted by molar-refractivity contribution is 5.90. The largest absolute Gasteiger partial charge is 0.394 e. The predicted molar refractivity (Wildman–Crippen MR) is 39.8 cm³/mol. The Balaban J connectivity index is 3.93. The van der Waals surface area contributed by atoms with Gasteiger partial charge in [0.05, 0.1) is 6.61 Å². The van der Waals surface area contributed by atoms with E-state index in [9.17, 15) is 9.59 Å². The molecule has 0 aliphatic carbocycles. The molecule has 0 bridgehead atoms. The van der Waals surface area contributed by atoms with Crippen LogP contribution in [-0.4, -0.2) is 35.7 Å². The molecule has 0 aromatic carbocycles. The van der Waals surface area contributed by atoms with E-state index in [2.05, 4.69) is 4.74 Å². The molecule has 0 aromatic rings. The summed E-state index contributed by atoms with van der Waals surface area (Å²) in [4.78, 5) is 21.4. The van der Waals surface area contributed by atoms with E-state index < -0.39 is 30.6 Å². The standard InChI is InChI=1S/C6H12N2O4/c1-3(7)5(10)12-6(11)4(8)2-9/h3-4,9H,2,7-8H2,1H3/t3-,4+/m0/s1. The van der Waals surface area contributed by atoms with Gasteiger partial charge in [0, 0.05) is 0 Å². The second-order valence-corrected chi connectivity index (χ2v) is 2.32. The van der Waals surface area contributed by atoms with Gasteiger partial charge in [-0.2, -0.15) is 0 Å². The van der Waals surface area contributed by atoms with Crippen LogP contribution in [0.3, 0.4) is 0 Å². The Bertz CT molecular complexity index is 180. The van der Waals surface area contributed by atoms with Gasteiger partial charge in [0.1, 0.15) is 12.1 Å². The van der Waals surface area contributed by atoms with Gasteiger partial charge in [-0.25, -0.2) is 9.59 Å². The van der Waals surface area contributed by atoms with Crippen LogP contribution in [0.1, 0.15) is 6.92 Å². The number of esters is 2. The van der Waals surface area contributed by atoms with Crippen LogP contribution < -0.4 is 11.5 Å². The Morgan fingerprint density at radius 3 is 2.25 bits per heavy atom. The van der Waals surface area contributed by atoms with E-state index in [1.54, 1.807) is 0 Å². The summed E-state index contributed by atoms with van der Waals surface area (Å²) in [6.45, 7) is 0.811. The number of aliphatic hydroxyl groups is 1. The summed E-state index contributed by atoms with van der Waals surface area (Å²) in [7, 11) is 0. The molecule has 0 rings (SSSR count). The molecule has 0 amide bonds. The average molecular weight is 176 g/mol. The number of carbonyl (C=O) groups is 2. The molecule has 0 radical (unpaired) electrons. The third kappa shape index (κ3) is 3.42. The van der Waals surface area contributed by atoms with Crippen LogP contribution in [0.15, 0.2) is 0 Å². The van der Waals surface area contributed by atoms with E-state index in [0.29, 0.717) is 0 Å². The summed E-state index contributed by atoms with van der Waals surface area (Å²) in [5.41, 5.74) is 10.1. The number of nitrogens with two attached hydrogens (primary N) is 2. The van der Waals surface area contributed by atoms with Crippen LogP contribution in [-0.2, 0) is 14.3 Å². The molecule has 0 aliphatic heterocycles. The molecule has 0 saturated heterocycles. The van der Waals surface area contributed by atoms with E-state index in [1.807, 2.05) is 0 Å². The van der Waals surface area contributed by atoms with Gasteiger partial charge in [0.2, 0.25) is 0 Å². The zero-order chi connectivity index (χ0) is 9.72. The van der Waals surface area contributed by atoms with Crippen LogP contribution in [0.4, 0.5) is 0 Å². The lowest BCUT2D eigenvalue weighted by Gasteiger charge is -2.08. The summed E-state index contributed by atoms with van der Waals surface area (Å²) in [5.74, 6) is -1.83. The third-order valence-corrected chi connectivity index (χ3v) is 1.07. The highest BCUT2D eigenvalue weighted by atomic mass is 16.6. The summed E-state index contributed by atoms with van der Waals surface area (Å²) >= 11 is 0. The van der Waals surface area contributed by atoms with Gasteiger partial charge in [-0.1, -0.05) is 0 Å². The molecular formula is C6H12N2O4. The minimum Gasteiger partial charge on any atom is -0.394 e. The summed E-state index contributed by atoms with van der Waals surface area (Å²) < 4.78 is 4.18. The minimum absolute atomic E-state index is 0.564. The fourth-order valence-electron chi connectivity index (χ4n) is 0.342. The topological polar surface area (TPSA) is 116 Å². The number of carbonyl (C=O) groups excluding carboxylic acids is 2. The van der Waals surface area contributed by atoms with Gasteiger partial charge in [0.25, 0.3) is 0 Å². The maximum Gasteiger partial charge on any atom is 0.332 e. The highest BCUT2D eigenvalue weighted by Gasteiger charge is 2.19. The van der Waals surface area contributed by atoms with Gasteiger partial charge >= 0.3 is 11.9 Å². The Kier molecular flexibility index (Phi) is 4.42. The van der Waals surface area contributed by atoms with Crippen molar-refractivity contribution in [1.82, 2.24) is 0 Å². The Hall–Kier alpha value is -0.980. The lowest BCUT2D eigenvalue weighted by molar-refractivity contribution is -0.161. The van der Waals surface area contributed by atoms with Crippen molar-refractivity contribution >= 4 is 11.9 Å². The van der Waals surface area contributed by atoms with E-state index in [-0.39, 0.29) is 0 Å². The molecule has 6 nitrogen and oxygen atoms in total. The first-order valence-electron chi connectivity index (χ1n) is 3.36. The van der Waals surface area contributed by atoms with Gasteiger partial charge in [0.15, 0.2) is 0 Å². The molecule has 0 unspecified atom stereocenters. The molecule has 12 heavy (non-hydrogen) atoms.